The van der Waals surface area contributed by atoms with E-state index in [1.807, 2.05) is 29.2 Å². The number of nitrogens with zero attached hydrogens (tertiary/aromatic N) is 2. The van der Waals surface area contributed by atoms with E-state index in [1.165, 1.54) is 22.5 Å². The number of ether oxygens (including phenoxy) is 2. The molecule has 0 spiro atoms. The van der Waals surface area contributed by atoms with Gasteiger partial charge < -0.3 is 19.3 Å². The molecule has 0 bridgehead atoms. The third kappa shape index (κ3) is 8.97. The summed E-state index contributed by atoms with van der Waals surface area (Å²) >= 11 is 0. The highest BCUT2D eigenvalue weighted by Gasteiger charge is 2.21. The number of carbonyl (C=O) groups excluding carboxylic acids is 2. The summed E-state index contributed by atoms with van der Waals surface area (Å²) in [5.74, 6) is 0.0167. The van der Waals surface area contributed by atoms with E-state index in [0.717, 1.165) is 48.5 Å². The first kappa shape index (κ1) is 35.4. The van der Waals surface area contributed by atoms with Crippen molar-refractivity contribution in [1.82, 2.24) is 0 Å². The van der Waals surface area contributed by atoms with Gasteiger partial charge in [0.25, 0.3) is 0 Å². The molecule has 254 valence electrons. The molecule has 0 aliphatic carbocycles. The van der Waals surface area contributed by atoms with Crippen LogP contribution in [0.2, 0.25) is 0 Å². The summed E-state index contributed by atoms with van der Waals surface area (Å²) in [6.45, 7) is 13.7. The molecule has 0 saturated heterocycles. The van der Waals surface area contributed by atoms with Gasteiger partial charge in [-0.1, -0.05) is 81.6 Å². The summed E-state index contributed by atoms with van der Waals surface area (Å²) in [7, 11) is 0. The van der Waals surface area contributed by atoms with Gasteiger partial charge in [0, 0.05) is 58.8 Å². The van der Waals surface area contributed by atoms with Crippen LogP contribution < -0.4 is 19.3 Å². The number of rotatable bonds is 15. The lowest BCUT2D eigenvalue weighted by Crippen LogP contribution is -2.31. The summed E-state index contributed by atoms with van der Waals surface area (Å²) in [5.41, 5.74) is 7.31. The minimum absolute atomic E-state index is 0.324. The molecule has 50 heavy (non-hydrogen) atoms. The summed E-state index contributed by atoms with van der Waals surface area (Å²) < 4.78 is 10.9. The van der Waals surface area contributed by atoms with Crippen molar-refractivity contribution in [2.45, 2.75) is 52.0 Å². The maximum Gasteiger partial charge on any atom is 0.335 e. The van der Waals surface area contributed by atoms with Crippen molar-refractivity contribution >= 4 is 40.4 Å². The summed E-state index contributed by atoms with van der Waals surface area (Å²) in [6.07, 6.45) is 5.33. The quantitative estimate of drug-likeness (QED) is 0.0631. The first-order valence-electron chi connectivity index (χ1n) is 17.0. The molecular weight excluding hydrogens is 620 g/mol. The maximum atomic E-state index is 12.0. The molecule has 2 unspecified atom stereocenters. The predicted molar refractivity (Wildman–Crippen MR) is 204 cm³/mol. The van der Waals surface area contributed by atoms with Crippen LogP contribution in [0.1, 0.15) is 50.2 Å². The fourth-order valence-corrected chi connectivity index (χ4v) is 6.15. The number of benzene rings is 5. The number of carbonyl (C=O) groups is 2. The monoisotopic (exact) mass is 664 g/mol. The topological polar surface area (TPSA) is 59.1 Å². The van der Waals surface area contributed by atoms with E-state index >= 15 is 0 Å². The predicted octanol–water partition coefficient (Wildman–Crippen LogP) is 11.1. The number of aryl methyl sites for hydroxylation is 1. The maximum absolute atomic E-state index is 12.0. The van der Waals surface area contributed by atoms with Gasteiger partial charge in [0.2, 0.25) is 0 Å². The van der Waals surface area contributed by atoms with Crippen LogP contribution in [0.5, 0.6) is 11.5 Å². The Labute approximate surface area is 295 Å². The van der Waals surface area contributed by atoms with E-state index in [4.69, 9.17) is 9.47 Å². The molecule has 5 aromatic carbocycles. The minimum atomic E-state index is -0.540. The van der Waals surface area contributed by atoms with Crippen LogP contribution in [0.15, 0.2) is 153 Å². The molecule has 0 aliphatic heterocycles. The first-order valence-corrected chi connectivity index (χ1v) is 17.0. The zero-order chi connectivity index (χ0) is 35.5. The van der Waals surface area contributed by atoms with Crippen molar-refractivity contribution in [1.29, 1.82) is 0 Å². The Bertz CT molecular complexity index is 1850. The normalized spacial score (nSPS) is 11.9. The highest BCUT2D eigenvalue weighted by Crippen LogP contribution is 2.39. The fraction of sp³-hybridized carbons (Fsp3) is 0.182. The van der Waals surface area contributed by atoms with Crippen LogP contribution in [0.4, 0.5) is 28.4 Å². The SMILES string of the molecule is C=CC(=O)Oc1cccc(N(c2ccc(C(C)CCC(CC)N(c3ccccc3)c3cccc(C)c3)cc2)c2cccc(OC(=O)C=C)c2)c1. The van der Waals surface area contributed by atoms with Crippen molar-refractivity contribution in [2.75, 3.05) is 9.80 Å². The Kier molecular flexibility index (Phi) is 12.0. The largest absolute Gasteiger partial charge is 0.423 e. The number of anilines is 5. The van der Waals surface area contributed by atoms with Crippen molar-refractivity contribution in [3.05, 3.63) is 164 Å². The zero-order valence-corrected chi connectivity index (χ0v) is 29.0. The molecule has 0 fully saturated rings. The molecule has 0 heterocycles. The van der Waals surface area contributed by atoms with Gasteiger partial charge >= 0.3 is 11.9 Å². The van der Waals surface area contributed by atoms with E-state index < -0.39 is 11.9 Å². The highest BCUT2D eigenvalue weighted by molar-refractivity contribution is 5.85. The summed E-state index contributed by atoms with van der Waals surface area (Å²) in [6, 6.07) is 42.8. The van der Waals surface area contributed by atoms with Gasteiger partial charge in [-0.2, -0.15) is 0 Å². The van der Waals surface area contributed by atoms with Crippen molar-refractivity contribution in [3.63, 3.8) is 0 Å². The molecule has 0 N–H and O–H groups in total. The van der Waals surface area contributed by atoms with Crippen LogP contribution in [-0.4, -0.2) is 18.0 Å². The van der Waals surface area contributed by atoms with Crippen LogP contribution in [-0.2, 0) is 9.59 Å². The van der Waals surface area contributed by atoms with Crippen molar-refractivity contribution < 1.29 is 19.1 Å². The van der Waals surface area contributed by atoms with Gasteiger partial charge in [-0.25, -0.2) is 9.59 Å². The second-order valence-electron chi connectivity index (χ2n) is 12.3. The lowest BCUT2D eigenvalue weighted by atomic mass is 9.92. The minimum Gasteiger partial charge on any atom is -0.423 e. The number of hydrogen-bond donors (Lipinski definition) is 0. The van der Waals surface area contributed by atoms with Crippen LogP contribution in [0.3, 0.4) is 0 Å². The highest BCUT2D eigenvalue weighted by atomic mass is 16.5. The van der Waals surface area contributed by atoms with E-state index in [-0.39, 0.29) is 0 Å². The average Bonchev–Trinajstić information content (AvgIpc) is 3.14. The molecule has 0 radical (unpaired) electrons. The second-order valence-corrected chi connectivity index (χ2v) is 12.3. The Balaban J connectivity index is 1.41. The molecule has 5 aromatic rings. The average molecular weight is 665 g/mol. The summed E-state index contributed by atoms with van der Waals surface area (Å²) in [4.78, 5) is 28.5. The van der Waals surface area contributed by atoms with Crippen LogP contribution in [0.25, 0.3) is 0 Å². The standard InChI is InChI=1S/C44H44N2O4/c1-6-35(45(36-16-10-9-11-17-36)38-18-12-15-32(4)29-38)26-23-33(5)34-24-27-37(28-25-34)46(39-19-13-21-41(30-39)49-43(47)7-2)40-20-14-22-42(31-40)50-44(48)8-3/h7-22,24-25,27-31,33,35H,2-3,6,23,26H2,1,4-5H3. The Morgan fingerprint density at radius 1 is 0.640 bits per heavy atom. The molecule has 6 nitrogen and oxygen atoms in total. The third-order valence-electron chi connectivity index (χ3n) is 8.73. The zero-order valence-electron chi connectivity index (χ0n) is 29.0. The van der Waals surface area contributed by atoms with Crippen LogP contribution in [0, 0.1) is 6.92 Å². The molecule has 6 heteroatoms. The van der Waals surface area contributed by atoms with Gasteiger partial charge in [-0.3, -0.25) is 0 Å². The van der Waals surface area contributed by atoms with Gasteiger partial charge in [0.1, 0.15) is 11.5 Å². The second kappa shape index (κ2) is 17.0. The van der Waals surface area contributed by atoms with Gasteiger partial charge in [-0.05, 0) is 104 Å². The van der Waals surface area contributed by atoms with Crippen molar-refractivity contribution in [3.8, 4) is 11.5 Å². The molecule has 2 atom stereocenters. The van der Waals surface area contributed by atoms with Gasteiger partial charge in [-0.15, -0.1) is 0 Å². The lowest BCUT2D eigenvalue weighted by molar-refractivity contribution is -0.129. The number of esters is 2. The number of para-hydroxylation sites is 1. The van der Waals surface area contributed by atoms with Crippen LogP contribution >= 0.6 is 0 Å². The molecule has 0 saturated carbocycles. The Morgan fingerprint density at radius 3 is 1.72 bits per heavy atom. The van der Waals surface area contributed by atoms with E-state index in [0.29, 0.717) is 23.5 Å². The third-order valence-corrected chi connectivity index (χ3v) is 8.73. The molecule has 0 aromatic heterocycles. The first-order chi connectivity index (χ1) is 24.3. The lowest BCUT2D eigenvalue weighted by Gasteiger charge is -2.34. The van der Waals surface area contributed by atoms with E-state index in [2.05, 4.69) is 118 Å². The summed E-state index contributed by atoms with van der Waals surface area (Å²) in [5, 5.41) is 0. The Morgan fingerprint density at radius 2 is 1.18 bits per heavy atom. The van der Waals surface area contributed by atoms with Gasteiger partial charge in [0.15, 0.2) is 0 Å². The fourth-order valence-electron chi connectivity index (χ4n) is 6.15. The smallest absolute Gasteiger partial charge is 0.335 e. The molecule has 0 aliphatic rings. The Hall–Kier alpha value is -5.88. The van der Waals surface area contributed by atoms with Crippen molar-refractivity contribution in [2.24, 2.45) is 0 Å². The molecular formula is C44H44N2O4. The van der Waals surface area contributed by atoms with E-state index in [9.17, 15) is 9.59 Å². The molecule has 0 amide bonds. The van der Waals surface area contributed by atoms with Gasteiger partial charge in [0.05, 0.1) is 0 Å². The molecule has 5 rings (SSSR count). The van der Waals surface area contributed by atoms with E-state index in [1.54, 1.807) is 24.3 Å². The number of hydrogen-bond acceptors (Lipinski definition) is 6.